The number of nitrogens with one attached hydrogen (secondary N) is 1. The van der Waals surface area contributed by atoms with Crippen LogP contribution in [0.2, 0.25) is 0 Å². The molecular formula is C9H6IN3O2. The number of nitro benzene ring substituents is 1. The molecule has 0 aliphatic carbocycles. The number of hydrogen-bond acceptors (Lipinski definition) is 3. The van der Waals surface area contributed by atoms with Crippen LogP contribution in [-0.4, -0.2) is 15.1 Å². The molecule has 1 heterocycles. The molecule has 0 aliphatic heterocycles. The predicted molar refractivity (Wildman–Crippen MR) is 63.4 cm³/mol. The van der Waals surface area contributed by atoms with Gasteiger partial charge in [-0.1, -0.05) is 12.1 Å². The van der Waals surface area contributed by atoms with E-state index in [0.717, 1.165) is 14.8 Å². The van der Waals surface area contributed by atoms with Crippen LogP contribution < -0.4 is 0 Å². The van der Waals surface area contributed by atoms with Gasteiger partial charge in [-0.15, -0.1) is 0 Å². The minimum absolute atomic E-state index is 0.0814. The maximum atomic E-state index is 10.6. The average Bonchev–Trinajstić information content (AvgIpc) is 2.64. The summed E-state index contributed by atoms with van der Waals surface area (Å²) in [6, 6.07) is 6.45. The van der Waals surface area contributed by atoms with Crippen molar-refractivity contribution in [3.8, 4) is 11.3 Å². The lowest BCUT2D eigenvalue weighted by Crippen LogP contribution is -1.88. The topological polar surface area (TPSA) is 71.8 Å². The third-order valence-electron chi connectivity index (χ3n) is 1.94. The first-order valence-corrected chi connectivity index (χ1v) is 5.20. The van der Waals surface area contributed by atoms with Gasteiger partial charge in [-0.2, -0.15) is 5.10 Å². The van der Waals surface area contributed by atoms with E-state index in [0.29, 0.717) is 0 Å². The Hall–Kier alpha value is -1.44. The number of nitrogens with zero attached hydrogens (tertiary/aromatic N) is 2. The van der Waals surface area contributed by atoms with Crippen LogP contribution in [-0.2, 0) is 0 Å². The number of nitro groups is 1. The fourth-order valence-electron chi connectivity index (χ4n) is 1.25. The molecule has 1 aromatic heterocycles. The lowest BCUT2D eigenvalue weighted by atomic mass is 10.1. The van der Waals surface area contributed by atoms with Gasteiger partial charge in [-0.05, 0) is 22.6 Å². The number of rotatable bonds is 2. The molecule has 0 saturated heterocycles. The maximum absolute atomic E-state index is 10.6. The molecule has 15 heavy (non-hydrogen) atoms. The smallest absolute Gasteiger partial charge is 0.270 e. The average molecular weight is 315 g/mol. The van der Waals surface area contributed by atoms with E-state index in [9.17, 15) is 10.1 Å². The van der Waals surface area contributed by atoms with Crippen molar-refractivity contribution in [3.05, 3.63) is 44.1 Å². The van der Waals surface area contributed by atoms with Gasteiger partial charge in [-0.25, -0.2) is 0 Å². The van der Waals surface area contributed by atoms with Crippen molar-refractivity contribution in [2.75, 3.05) is 0 Å². The molecule has 0 bridgehead atoms. The zero-order valence-electron chi connectivity index (χ0n) is 7.48. The highest BCUT2D eigenvalue weighted by Crippen LogP contribution is 2.25. The lowest BCUT2D eigenvalue weighted by molar-refractivity contribution is -0.384. The Bertz CT molecular complexity index is 510. The zero-order valence-corrected chi connectivity index (χ0v) is 9.63. The van der Waals surface area contributed by atoms with Crippen molar-refractivity contribution in [2.45, 2.75) is 0 Å². The zero-order chi connectivity index (χ0) is 10.8. The first-order valence-electron chi connectivity index (χ1n) is 4.12. The van der Waals surface area contributed by atoms with Crippen molar-refractivity contribution in [1.82, 2.24) is 10.2 Å². The number of halogens is 1. The van der Waals surface area contributed by atoms with E-state index in [1.165, 1.54) is 12.1 Å². The summed E-state index contributed by atoms with van der Waals surface area (Å²) in [6.07, 6.45) is 1.68. The molecule has 0 spiro atoms. The van der Waals surface area contributed by atoms with Crippen LogP contribution in [0.3, 0.4) is 0 Å². The predicted octanol–water partition coefficient (Wildman–Crippen LogP) is 2.59. The maximum Gasteiger partial charge on any atom is 0.270 e. The molecule has 6 heteroatoms. The van der Waals surface area contributed by atoms with Gasteiger partial charge in [0.2, 0.25) is 0 Å². The number of aromatic nitrogens is 2. The summed E-state index contributed by atoms with van der Waals surface area (Å²) in [6.45, 7) is 0. The molecule has 0 atom stereocenters. The molecule has 0 fully saturated rings. The summed E-state index contributed by atoms with van der Waals surface area (Å²) in [4.78, 5) is 10.2. The summed E-state index contributed by atoms with van der Waals surface area (Å²) in [5.41, 5.74) is 1.66. The van der Waals surface area contributed by atoms with Crippen LogP contribution in [0.25, 0.3) is 11.3 Å². The molecule has 1 aromatic carbocycles. The quantitative estimate of drug-likeness (QED) is 0.526. The summed E-state index contributed by atoms with van der Waals surface area (Å²) >= 11 is 2.12. The molecule has 1 N–H and O–H groups in total. The molecule has 0 radical (unpaired) electrons. The lowest BCUT2D eigenvalue weighted by Gasteiger charge is -1.98. The van der Waals surface area contributed by atoms with E-state index in [1.807, 2.05) is 6.07 Å². The van der Waals surface area contributed by atoms with Crippen LogP contribution in [0.4, 0.5) is 5.69 Å². The van der Waals surface area contributed by atoms with Crippen LogP contribution in [0.5, 0.6) is 0 Å². The van der Waals surface area contributed by atoms with Gasteiger partial charge >= 0.3 is 0 Å². The standard InChI is InChI=1S/C9H6IN3O2/c10-8-5-11-12-9(8)6-2-1-3-7(4-6)13(14)15/h1-5H,(H,11,12). The first kappa shape index (κ1) is 10.1. The molecule has 0 aliphatic rings. The van der Waals surface area contributed by atoms with Crippen LogP contribution in [0.1, 0.15) is 0 Å². The number of H-pyrrole nitrogens is 1. The molecule has 2 rings (SSSR count). The van der Waals surface area contributed by atoms with Crippen molar-refractivity contribution in [3.63, 3.8) is 0 Å². The fourth-order valence-corrected chi connectivity index (χ4v) is 1.82. The Morgan fingerprint density at radius 1 is 1.47 bits per heavy atom. The van der Waals surface area contributed by atoms with Gasteiger partial charge in [0.1, 0.15) is 0 Å². The van der Waals surface area contributed by atoms with Crippen molar-refractivity contribution in [1.29, 1.82) is 0 Å². The van der Waals surface area contributed by atoms with Crippen LogP contribution in [0, 0.1) is 13.7 Å². The van der Waals surface area contributed by atoms with E-state index in [4.69, 9.17) is 0 Å². The summed E-state index contributed by atoms with van der Waals surface area (Å²) in [5.74, 6) is 0. The molecule has 0 saturated carbocycles. The van der Waals surface area contributed by atoms with E-state index in [-0.39, 0.29) is 5.69 Å². The van der Waals surface area contributed by atoms with E-state index in [1.54, 1.807) is 12.3 Å². The second-order valence-corrected chi connectivity index (χ2v) is 4.06. The second-order valence-electron chi connectivity index (χ2n) is 2.90. The Morgan fingerprint density at radius 2 is 2.27 bits per heavy atom. The van der Waals surface area contributed by atoms with Gasteiger partial charge in [0.15, 0.2) is 0 Å². The Kier molecular flexibility index (Phi) is 2.67. The number of hydrogen-bond donors (Lipinski definition) is 1. The third kappa shape index (κ3) is 1.99. The largest absolute Gasteiger partial charge is 0.277 e. The van der Waals surface area contributed by atoms with E-state index in [2.05, 4.69) is 32.8 Å². The Labute approximate surface area is 98.8 Å². The third-order valence-corrected chi connectivity index (χ3v) is 2.76. The van der Waals surface area contributed by atoms with Gasteiger partial charge in [0, 0.05) is 17.7 Å². The number of aromatic amines is 1. The number of non-ortho nitro benzene ring substituents is 1. The first-order chi connectivity index (χ1) is 7.18. The SMILES string of the molecule is O=[N+]([O-])c1cccc(-c2[nH]ncc2I)c1. The van der Waals surface area contributed by atoms with Gasteiger partial charge < -0.3 is 0 Å². The monoisotopic (exact) mass is 315 g/mol. The van der Waals surface area contributed by atoms with Gasteiger partial charge in [0.05, 0.1) is 20.4 Å². The Morgan fingerprint density at radius 3 is 2.87 bits per heavy atom. The second kappa shape index (κ2) is 3.97. The Balaban J connectivity index is 2.50. The normalized spacial score (nSPS) is 10.2. The summed E-state index contributed by atoms with van der Waals surface area (Å²) in [7, 11) is 0. The minimum atomic E-state index is -0.410. The van der Waals surface area contributed by atoms with E-state index < -0.39 is 4.92 Å². The molecular weight excluding hydrogens is 309 g/mol. The molecule has 0 amide bonds. The van der Waals surface area contributed by atoms with Crippen LogP contribution in [0.15, 0.2) is 30.5 Å². The highest BCUT2D eigenvalue weighted by molar-refractivity contribution is 14.1. The molecule has 0 unspecified atom stereocenters. The molecule has 76 valence electrons. The number of benzene rings is 1. The highest BCUT2D eigenvalue weighted by Gasteiger charge is 2.10. The van der Waals surface area contributed by atoms with Crippen LogP contribution >= 0.6 is 22.6 Å². The molecule has 2 aromatic rings. The van der Waals surface area contributed by atoms with E-state index >= 15 is 0 Å². The van der Waals surface area contributed by atoms with Crippen molar-refractivity contribution >= 4 is 28.3 Å². The molecule has 5 nitrogen and oxygen atoms in total. The van der Waals surface area contributed by atoms with Crippen molar-refractivity contribution < 1.29 is 4.92 Å². The highest BCUT2D eigenvalue weighted by atomic mass is 127. The minimum Gasteiger partial charge on any atom is -0.277 e. The van der Waals surface area contributed by atoms with Gasteiger partial charge in [-0.3, -0.25) is 15.2 Å². The van der Waals surface area contributed by atoms with Crippen molar-refractivity contribution in [2.24, 2.45) is 0 Å². The summed E-state index contributed by atoms with van der Waals surface area (Å²) in [5, 5.41) is 17.3. The summed E-state index contributed by atoms with van der Waals surface area (Å²) < 4.78 is 0.938. The van der Waals surface area contributed by atoms with Gasteiger partial charge in [0.25, 0.3) is 5.69 Å². The fraction of sp³-hybridized carbons (Fsp3) is 0.